The second-order valence-electron chi connectivity index (χ2n) is 4.83. The summed E-state index contributed by atoms with van der Waals surface area (Å²) in [6, 6.07) is 6.65. The SMILES string of the molecule is O=S(=O)(c1cccc(NCC(O)CCl)c1)N1CCCC1. The molecule has 1 aromatic carbocycles. The summed E-state index contributed by atoms with van der Waals surface area (Å²) in [5.74, 6) is 0.138. The first kappa shape index (κ1) is 15.6. The van der Waals surface area contributed by atoms with Gasteiger partial charge < -0.3 is 10.4 Å². The molecule has 1 atom stereocenters. The van der Waals surface area contributed by atoms with E-state index >= 15 is 0 Å². The molecule has 0 aliphatic carbocycles. The van der Waals surface area contributed by atoms with Gasteiger partial charge >= 0.3 is 0 Å². The molecule has 0 aromatic heterocycles. The third-order valence-electron chi connectivity index (χ3n) is 3.26. The fourth-order valence-electron chi connectivity index (χ4n) is 2.13. The number of halogens is 1. The van der Waals surface area contributed by atoms with Crippen molar-refractivity contribution in [2.75, 3.05) is 30.8 Å². The average Bonchev–Trinajstić information content (AvgIpc) is 3.00. The Kier molecular flexibility index (Phi) is 5.26. The van der Waals surface area contributed by atoms with Gasteiger partial charge in [-0.1, -0.05) is 6.07 Å². The standard InChI is InChI=1S/C13H19ClN2O3S/c14-9-12(17)10-15-11-4-3-5-13(8-11)20(18,19)16-6-1-2-7-16/h3-5,8,12,15,17H,1-2,6-7,9-10H2. The Morgan fingerprint density at radius 1 is 1.35 bits per heavy atom. The molecule has 0 radical (unpaired) electrons. The lowest BCUT2D eigenvalue weighted by atomic mass is 10.3. The fourth-order valence-corrected chi connectivity index (χ4v) is 3.81. The van der Waals surface area contributed by atoms with Crippen LogP contribution >= 0.6 is 11.6 Å². The second kappa shape index (κ2) is 6.76. The number of aliphatic hydroxyl groups excluding tert-OH is 1. The van der Waals surface area contributed by atoms with E-state index in [2.05, 4.69) is 5.32 Å². The molecule has 1 unspecified atom stereocenters. The van der Waals surface area contributed by atoms with Crippen LogP contribution in [0, 0.1) is 0 Å². The predicted molar refractivity (Wildman–Crippen MR) is 79.7 cm³/mol. The number of rotatable bonds is 6. The van der Waals surface area contributed by atoms with Crippen molar-refractivity contribution in [3.63, 3.8) is 0 Å². The van der Waals surface area contributed by atoms with Crippen LogP contribution in [0.3, 0.4) is 0 Å². The Hall–Kier alpha value is -0.820. The Morgan fingerprint density at radius 2 is 2.05 bits per heavy atom. The zero-order valence-corrected chi connectivity index (χ0v) is 12.7. The maximum atomic E-state index is 12.4. The molecule has 1 heterocycles. The molecule has 5 nitrogen and oxygen atoms in total. The third kappa shape index (κ3) is 3.63. The van der Waals surface area contributed by atoms with Gasteiger partial charge in [-0.3, -0.25) is 0 Å². The molecule has 1 saturated heterocycles. The first-order valence-corrected chi connectivity index (χ1v) is 8.59. The monoisotopic (exact) mass is 318 g/mol. The highest BCUT2D eigenvalue weighted by molar-refractivity contribution is 7.89. The van der Waals surface area contributed by atoms with Crippen molar-refractivity contribution in [3.8, 4) is 0 Å². The van der Waals surface area contributed by atoms with Crippen LogP contribution in [0.2, 0.25) is 0 Å². The van der Waals surface area contributed by atoms with Crippen LogP contribution in [0.4, 0.5) is 5.69 Å². The molecule has 1 aliphatic heterocycles. The molecule has 0 saturated carbocycles. The lowest BCUT2D eigenvalue weighted by Gasteiger charge is -2.16. The molecule has 7 heteroatoms. The smallest absolute Gasteiger partial charge is 0.243 e. The summed E-state index contributed by atoms with van der Waals surface area (Å²) in [5.41, 5.74) is 0.662. The number of benzene rings is 1. The van der Waals surface area contributed by atoms with Crippen molar-refractivity contribution in [2.24, 2.45) is 0 Å². The summed E-state index contributed by atoms with van der Waals surface area (Å²) < 4.78 is 26.3. The van der Waals surface area contributed by atoms with E-state index in [0.717, 1.165) is 12.8 Å². The van der Waals surface area contributed by atoms with Gasteiger partial charge in [0.15, 0.2) is 0 Å². The van der Waals surface area contributed by atoms with Crippen LogP contribution in [-0.2, 0) is 10.0 Å². The summed E-state index contributed by atoms with van der Waals surface area (Å²) in [6.07, 6.45) is 1.17. The van der Waals surface area contributed by atoms with Gasteiger partial charge in [-0.25, -0.2) is 8.42 Å². The van der Waals surface area contributed by atoms with E-state index in [9.17, 15) is 13.5 Å². The molecular weight excluding hydrogens is 300 g/mol. The van der Waals surface area contributed by atoms with Crippen LogP contribution < -0.4 is 5.32 Å². The number of nitrogens with one attached hydrogen (secondary N) is 1. The molecular formula is C13H19ClN2O3S. The minimum absolute atomic E-state index is 0.138. The maximum Gasteiger partial charge on any atom is 0.243 e. The number of hydrogen-bond donors (Lipinski definition) is 2. The summed E-state index contributed by atoms with van der Waals surface area (Å²) in [4.78, 5) is 0.282. The Bertz CT molecular complexity index is 544. The number of anilines is 1. The Balaban J connectivity index is 2.12. The van der Waals surface area contributed by atoms with Gasteiger partial charge in [0.1, 0.15) is 0 Å². The molecule has 20 heavy (non-hydrogen) atoms. The summed E-state index contributed by atoms with van der Waals surface area (Å²) in [7, 11) is -3.40. The lowest BCUT2D eigenvalue weighted by Crippen LogP contribution is -2.28. The predicted octanol–water partition coefficient (Wildman–Crippen LogP) is 1.48. The van der Waals surface area contributed by atoms with E-state index in [1.54, 1.807) is 24.3 Å². The molecule has 1 aliphatic rings. The molecule has 2 rings (SSSR count). The molecule has 1 aromatic rings. The van der Waals surface area contributed by atoms with Crippen LogP contribution in [-0.4, -0.2) is 49.4 Å². The van der Waals surface area contributed by atoms with Gasteiger partial charge in [0.05, 0.1) is 16.9 Å². The van der Waals surface area contributed by atoms with Gasteiger partial charge in [-0.15, -0.1) is 11.6 Å². The van der Waals surface area contributed by atoms with Crippen molar-refractivity contribution < 1.29 is 13.5 Å². The third-order valence-corrected chi connectivity index (χ3v) is 5.51. The summed E-state index contributed by atoms with van der Waals surface area (Å²) >= 11 is 5.52. The number of sulfonamides is 1. The van der Waals surface area contributed by atoms with Gasteiger partial charge in [0.2, 0.25) is 10.0 Å². The van der Waals surface area contributed by atoms with Crippen LogP contribution in [0.25, 0.3) is 0 Å². The number of hydrogen-bond acceptors (Lipinski definition) is 4. The highest BCUT2D eigenvalue weighted by Crippen LogP contribution is 2.23. The number of alkyl halides is 1. The van der Waals surface area contributed by atoms with E-state index in [1.165, 1.54) is 4.31 Å². The van der Waals surface area contributed by atoms with Crippen LogP contribution in [0.1, 0.15) is 12.8 Å². The van der Waals surface area contributed by atoms with Gasteiger partial charge in [-0.05, 0) is 31.0 Å². The first-order chi connectivity index (χ1) is 9.54. The van der Waals surface area contributed by atoms with Gasteiger partial charge in [0.25, 0.3) is 0 Å². The maximum absolute atomic E-state index is 12.4. The molecule has 1 fully saturated rings. The molecule has 112 valence electrons. The largest absolute Gasteiger partial charge is 0.390 e. The summed E-state index contributed by atoms with van der Waals surface area (Å²) in [6.45, 7) is 1.46. The molecule has 0 bridgehead atoms. The van der Waals surface area contributed by atoms with E-state index in [1.807, 2.05) is 0 Å². The van der Waals surface area contributed by atoms with E-state index in [-0.39, 0.29) is 17.3 Å². The molecule has 0 spiro atoms. The number of aliphatic hydroxyl groups is 1. The highest BCUT2D eigenvalue weighted by atomic mass is 35.5. The minimum Gasteiger partial charge on any atom is -0.390 e. The first-order valence-electron chi connectivity index (χ1n) is 6.62. The Morgan fingerprint density at radius 3 is 2.70 bits per heavy atom. The zero-order chi connectivity index (χ0) is 14.6. The van der Waals surface area contributed by atoms with Crippen LogP contribution in [0.5, 0.6) is 0 Å². The van der Waals surface area contributed by atoms with E-state index in [0.29, 0.717) is 18.8 Å². The molecule has 0 amide bonds. The van der Waals surface area contributed by atoms with Crippen molar-refractivity contribution in [1.29, 1.82) is 0 Å². The van der Waals surface area contributed by atoms with Crippen molar-refractivity contribution in [1.82, 2.24) is 4.31 Å². The second-order valence-corrected chi connectivity index (χ2v) is 7.07. The normalized spacial score (nSPS) is 18.1. The zero-order valence-electron chi connectivity index (χ0n) is 11.1. The highest BCUT2D eigenvalue weighted by Gasteiger charge is 2.27. The topological polar surface area (TPSA) is 69.6 Å². The Labute approximate surface area is 124 Å². The average molecular weight is 319 g/mol. The number of nitrogens with zero attached hydrogens (tertiary/aromatic N) is 1. The van der Waals surface area contributed by atoms with Gasteiger partial charge in [-0.2, -0.15) is 4.31 Å². The summed E-state index contributed by atoms with van der Waals surface area (Å²) in [5, 5.41) is 12.4. The van der Waals surface area contributed by atoms with E-state index in [4.69, 9.17) is 11.6 Å². The van der Waals surface area contributed by atoms with Crippen molar-refractivity contribution >= 4 is 27.3 Å². The van der Waals surface area contributed by atoms with E-state index < -0.39 is 16.1 Å². The van der Waals surface area contributed by atoms with Gasteiger partial charge in [0, 0.05) is 25.3 Å². The quantitative estimate of drug-likeness (QED) is 0.780. The fraction of sp³-hybridized carbons (Fsp3) is 0.538. The van der Waals surface area contributed by atoms with Crippen molar-refractivity contribution in [3.05, 3.63) is 24.3 Å². The molecule has 2 N–H and O–H groups in total. The lowest BCUT2D eigenvalue weighted by molar-refractivity contribution is 0.211. The van der Waals surface area contributed by atoms with Crippen LogP contribution in [0.15, 0.2) is 29.2 Å². The minimum atomic E-state index is -3.40. The van der Waals surface area contributed by atoms with Crippen molar-refractivity contribution in [2.45, 2.75) is 23.8 Å².